The molecule has 0 amide bonds. The number of nitroso groups, excluding NO2 is 1. The normalized spacial score (nSPS) is 16.9. The third-order valence-electron chi connectivity index (χ3n) is 4.64. The lowest BCUT2D eigenvalue weighted by Gasteiger charge is -2.16. The molecule has 3 N–H and O–H groups in total. The van der Waals surface area contributed by atoms with Gasteiger partial charge in [-0.3, -0.25) is 9.41 Å². The molecule has 9 nitrogen and oxygen atoms in total. The van der Waals surface area contributed by atoms with Crippen molar-refractivity contribution in [3.05, 3.63) is 53.0 Å². The van der Waals surface area contributed by atoms with Gasteiger partial charge in [-0.15, -0.1) is 4.91 Å². The summed E-state index contributed by atoms with van der Waals surface area (Å²) in [7, 11) is 0. The van der Waals surface area contributed by atoms with Gasteiger partial charge < -0.3 is 10.8 Å². The minimum atomic E-state index is -0.994. The first-order valence-electron chi connectivity index (χ1n) is 8.16. The molecule has 1 aliphatic heterocycles. The summed E-state index contributed by atoms with van der Waals surface area (Å²) in [5, 5.41) is 13.7. The molecule has 132 valence electrons. The van der Waals surface area contributed by atoms with Crippen LogP contribution in [0.5, 0.6) is 0 Å². The molecule has 0 saturated carbocycles. The number of benzene rings is 1. The molecule has 0 spiro atoms. The summed E-state index contributed by atoms with van der Waals surface area (Å²) >= 11 is 0. The van der Waals surface area contributed by atoms with E-state index in [2.05, 4.69) is 10.3 Å². The summed E-state index contributed by atoms with van der Waals surface area (Å²) in [5.74, 6) is -0.0116. The van der Waals surface area contributed by atoms with Crippen LogP contribution in [0, 0.1) is 4.91 Å². The van der Waals surface area contributed by atoms with Crippen LogP contribution in [-0.2, 0) is 0 Å². The smallest absolute Gasteiger partial charge is 0.335 e. The zero-order chi connectivity index (χ0) is 18.3. The number of aromatic nitrogens is 3. The number of nitrogen functional groups attached to an aromatic ring is 1. The summed E-state index contributed by atoms with van der Waals surface area (Å²) in [6, 6.07) is 6.18. The number of carboxylic acids is 1. The number of fused-ring (bicyclic) bond motifs is 1. The Bertz CT molecular complexity index is 998. The van der Waals surface area contributed by atoms with Gasteiger partial charge >= 0.3 is 5.97 Å². The summed E-state index contributed by atoms with van der Waals surface area (Å²) in [4.78, 5) is 31.1. The quantitative estimate of drug-likeness (QED) is 0.691. The van der Waals surface area contributed by atoms with E-state index in [0.29, 0.717) is 29.4 Å². The molecule has 4 rings (SSSR count). The van der Waals surface area contributed by atoms with Gasteiger partial charge in [0.1, 0.15) is 28.9 Å². The number of nitrogens with zero attached hydrogens (tertiary/aromatic N) is 5. The SMILES string of the molecule is Nc1nccn2c(C3CCCN3N=O)nc(-c3ccc(C(=O)O)cc3)c12. The topological polar surface area (TPSA) is 126 Å². The fourth-order valence-electron chi connectivity index (χ4n) is 3.41. The number of nitrogens with two attached hydrogens (primary N) is 1. The van der Waals surface area contributed by atoms with Gasteiger partial charge in [0.15, 0.2) is 0 Å². The van der Waals surface area contributed by atoms with Crippen molar-refractivity contribution in [2.75, 3.05) is 12.3 Å². The van der Waals surface area contributed by atoms with Crippen molar-refractivity contribution in [2.24, 2.45) is 5.29 Å². The van der Waals surface area contributed by atoms with Crippen molar-refractivity contribution in [3.63, 3.8) is 0 Å². The van der Waals surface area contributed by atoms with E-state index in [4.69, 9.17) is 15.8 Å². The van der Waals surface area contributed by atoms with Crippen LogP contribution >= 0.6 is 0 Å². The van der Waals surface area contributed by atoms with E-state index in [1.807, 2.05) is 4.40 Å². The zero-order valence-electron chi connectivity index (χ0n) is 13.7. The Kier molecular flexibility index (Phi) is 3.76. The van der Waals surface area contributed by atoms with Gasteiger partial charge in [-0.25, -0.2) is 14.8 Å². The number of hydrogen-bond acceptors (Lipinski definition) is 6. The van der Waals surface area contributed by atoms with Crippen LogP contribution in [0.1, 0.15) is 35.1 Å². The highest BCUT2D eigenvalue weighted by Crippen LogP contribution is 2.36. The average molecular weight is 352 g/mol. The van der Waals surface area contributed by atoms with Gasteiger partial charge in [0.25, 0.3) is 0 Å². The Balaban J connectivity index is 1.90. The monoisotopic (exact) mass is 352 g/mol. The van der Waals surface area contributed by atoms with Gasteiger partial charge in [-0.05, 0) is 25.0 Å². The second-order valence-electron chi connectivity index (χ2n) is 6.13. The van der Waals surface area contributed by atoms with E-state index >= 15 is 0 Å². The molecule has 1 unspecified atom stereocenters. The molecule has 3 aromatic rings. The van der Waals surface area contributed by atoms with Crippen LogP contribution in [-0.4, -0.2) is 37.0 Å². The van der Waals surface area contributed by atoms with Crippen LogP contribution in [0.3, 0.4) is 0 Å². The highest BCUT2D eigenvalue weighted by atomic mass is 16.4. The number of rotatable bonds is 4. The molecule has 1 saturated heterocycles. The maximum Gasteiger partial charge on any atom is 0.335 e. The largest absolute Gasteiger partial charge is 0.478 e. The molecule has 2 aromatic heterocycles. The van der Waals surface area contributed by atoms with Crippen molar-refractivity contribution < 1.29 is 9.90 Å². The molecule has 1 atom stereocenters. The zero-order valence-corrected chi connectivity index (χ0v) is 13.7. The van der Waals surface area contributed by atoms with Crippen molar-refractivity contribution in [1.82, 2.24) is 19.4 Å². The summed E-state index contributed by atoms with van der Waals surface area (Å²) in [6.07, 6.45) is 4.96. The van der Waals surface area contributed by atoms with Crippen molar-refractivity contribution in [2.45, 2.75) is 18.9 Å². The number of anilines is 1. The molecule has 0 aliphatic carbocycles. The minimum absolute atomic E-state index is 0.190. The number of imidazole rings is 1. The van der Waals surface area contributed by atoms with E-state index in [1.165, 1.54) is 17.1 Å². The van der Waals surface area contributed by atoms with Crippen LogP contribution in [0.25, 0.3) is 16.8 Å². The van der Waals surface area contributed by atoms with Crippen LogP contribution in [0.4, 0.5) is 5.82 Å². The maximum atomic E-state index is 11.1. The molecule has 1 aromatic carbocycles. The second-order valence-corrected chi connectivity index (χ2v) is 6.13. The third kappa shape index (κ3) is 2.44. The van der Waals surface area contributed by atoms with Gasteiger partial charge in [0.2, 0.25) is 0 Å². The van der Waals surface area contributed by atoms with Gasteiger partial charge in [-0.2, -0.15) is 0 Å². The summed E-state index contributed by atoms with van der Waals surface area (Å²) < 4.78 is 1.83. The maximum absolute atomic E-state index is 11.1. The molecule has 0 bridgehead atoms. The predicted molar refractivity (Wildman–Crippen MR) is 94.3 cm³/mol. The lowest BCUT2D eigenvalue weighted by Crippen LogP contribution is -2.18. The van der Waals surface area contributed by atoms with Gasteiger partial charge in [-0.1, -0.05) is 12.1 Å². The van der Waals surface area contributed by atoms with Gasteiger partial charge in [0.05, 0.1) is 10.8 Å². The molecule has 1 aliphatic rings. The lowest BCUT2D eigenvalue weighted by atomic mass is 10.1. The first-order valence-corrected chi connectivity index (χ1v) is 8.16. The number of carboxylic acid groups (broad SMARTS) is 1. The first-order chi connectivity index (χ1) is 12.6. The van der Waals surface area contributed by atoms with Crippen molar-refractivity contribution >= 4 is 17.3 Å². The minimum Gasteiger partial charge on any atom is -0.478 e. The van der Waals surface area contributed by atoms with Crippen LogP contribution < -0.4 is 5.73 Å². The fraction of sp³-hybridized carbons (Fsp3) is 0.235. The van der Waals surface area contributed by atoms with Gasteiger partial charge in [0, 0.05) is 24.5 Å². The molecule has 0 radical (unpaired) electrons. The second kappa shape index (κ2) is 6.10. The van der Waals surface area contributed by atoms with E-state index in [0.717, 1.165) is 18.4 Å². The molecule has 9 heteroatoms. The Morgan fingerprint density at radius 3 is 2.77 bits per heavy atom. The Hall–Kier alpha value is -3.49. The van der Waals surface area contributed by atoms with E-state index in [-0.39, 0.29) is 11.6 Å². The van der Waals surface area contributed by atoms with Crippen molar-refractivity contribution in [3.8, 4) is 11.3 Å². The van der Waals surface area contributed by atoms with Crippen LogP contribution in [0.15, 0.2) is 41.9 Å². The summed E-state index contributed by atoms with van der Waals surface area (Å²) in [5.41, 5.74) is 8.23. The molecular weight excluding hydrogens is 336 g/mol. The van der Waals surface area contributed by atoms with E-state index in [1.54, 1.807) is 24.5 Å². The predicted octanol–water partition coefficient (Wildman–Crippen LogP) is 2.50. The highest BCUT2D eigenvalue weighted by Gasteiger charge is 2.31. The van der Waals surface area contributed by atoms with E-state index in [9.17, 15) is 9.70 Å². The number of carbonyl (C=O) groups is 1. The fourth-order valence-corrected chi connectivity index (χ4v) is 3.41. The Labute approximate surface area is 148 Å². The van der Waals surface area contributed by atoms with Crippen molar-refractivity contribution in [1.29, 1.82) is 0 Å². The standard InChI is InChI=1S/C17H16N6O3/c18-15-14-13(10-3-5-11(6-4-10)17(24)25)20-16(22(14)9-7-19-15)12-2-1-8-23(12)21-26/h3-7,9,12H,1-2,8H2,(H2,18,19)(H,24,25). The summed E-state index contributed by atoms with van der Waals surface area (Å²) in [6.45, 7) is 0.590. The molecule has 1 fully saturated rings. The number of aromatic carboxylic acids is 1. The molecular formula is C17H16N6O3. The molecule has 3 heterocycles. The molecule has 26 heavy (non-hydrogen) atoms. The first kappa shape index (κ1) is 16.0. The Morgan fingerprint density at radius 2 is 2.08 bits per heavy atom. The third-order valence-corrected chi connectivity index (χ3v) is 4.64. The lowest BCUT2D eigenvalue weighted by molar-refractivity contribution is 0.0697. The Morgan fingerprint density at radius 1 is 1.31 bits per heavy atom. The number of hydrogen-bond donors (Lipinski definition) is 2. The van der Waals surface area contributed by atoms with Crippen LogP contribution in [0.2, 0.25) is 0 Å². The highest BCUT2D eigenvalue weighted by molar-refractivity contribution is 5.90. The van der Waals surface area contributed by atoms with E-state index < -0.39 is 5.97 Å². The average Bonchev–Trinajstić information content (AvgIpc) is 3.26.